The number of hydrogen-bond donors (Lipinski definition) is 2. The summed E-state index contributed by atoms with van der Waals surface area (Å²) < 4.78 is 1.39. The van der Waals surface area contributed by atoms with E-state index >= 15 is 0 Å². The number of carboxylic acid groups (broad SMARTS) is 1. The molecule has 1 aromatic carbocycles. The first-order valence-electron chi connectivity index (χ1n) is 6.57. The van der Waals surface area contributed by atoms with Gasteiger partial charge < -0.3 is 10.4 Å². The van der Waals surface area contributed by atoms with Crippen molar-refractivity contribution in [1.29, 1.82) is 0 Å². The van der Waals surface area contributed by atoms with Crippen molar-refractivity contribution in [3.8, 4) is 0 Å². The van der Waals surface area contributed by atoms with E-state index in [9.17, 15) is 14.4 Å². The van der Waals surface area contributed by atoms with Crippen LogP contribution in [0.5, 0.6) is 0 Å². The Bertz CT molecular complexity index is 772. The molecule has 0 saturated carbocycles. The lowest BCUT2D eigenvalue weighted by Gasteiger charge is -2.12. The Morgan fingerprint density at radius 1 is 1.36 bits per heavy atom. The summed E-state index contributed by atoms with van der Waals surface area (Å²) in [6.45, 7) is 1.90. The Kier molecular flexibility index (Phi) is 5.16. The SMILES string of the molecule is CC(=O)NCCn1c(SCC(=O)O)nc2ccccc2c1=O. The number of aromatic nitrogens is 2. The number of carbonyl (C=O) groups is 2. The van der Waals surface area contributed by atoms with E-state index < -0.39 is 5.97 Å². The number of para-hydroxylation sites is 1. The summed E-state index contributed by atoms with van der Waals surface area (Å²) >= 11 is 0.983. The van der Waals surface area contributed by atoms with Gasteiger partial charge in [0.2, 0.25) is 5.91 Å². The third kappa shape index (κ3) is 3.85. The molecule has 2 rings (SSSR count). The van der Waals surface area contributed by atoms with Crippen LogP contribution in [-0.4, -0.2) is 38.8 Å². The van der Waals surface area contributed by atoms with Crippen LogP contribution in [0.3, 0.4) is 0 Å². The molecule has 0 bridgehead atoms. The maximum atomic E-state index is 12.5. The van der Waals surface area contributed by atoms with Gasteiger partial charge in [-0.3, -0.25) is 19.0 Å². The van der Waals surface area contributed by atoms with Gasteiger partial charge in [0, 0.05) is 20.0 Å². The number of fused-ring (bicyclic) bond motifs is 1. The van der Waals surface area contributed by atoms with Crippen molar-refractivity contribution in [2.24, 2.45) is 0 Å². The van der Waals surface area contributed by atoms with Crippen molar-refractivity contribution < 1.29 is 14.7 Å². The molecular formula is C14H15N3O4S. The van der Waals surface area contributed by atoms with Crippen molar-refractivity contribution in [3.63, 3.8) is 0 Å². The number of hydrogen-bond acceptors (Lipinski definition) is 5. The van der Waals surface area contributed by atoms with Gasteiger partial charge in [0.15, 0.2) is 5.16 Å². The first kappa shape index (κ1) is 16.0. The number of aliphatic carboxylic acids is 1. The molecule has 2 aromatic rings. The van der Waals surface area contributed by atoms with Gasteiger partial charge >= 0.3 is 5.97 Å². The van der Waals surface area contributed by atoms with Crippen molar-refractivity contribution in [3.05, 3.63) is 34.6 Å². The molecule has 1 heterocycles. The monoisotopic (exact) mass is 321 g/mol. The van der Waals surface area contributed by atoms with E-state index in [2.05, 4.69) is 10.3 Å². The minimum Gasteiger partial charge on any atom is -0.481 e. The average molecular weight is 321 g/mol. The molecule has 0 aliphatic carbocycles. The number of amides is 1. The van der Waals surface area contributed by atoms with Gasteiger partial charge in [-0.05, 0) is 12.1 Å². The molecule has 2 N–H and O–H groups in total. The largest absolute Gasteiger partial charge is 0.481 e. The highest BCUT2D eigenvalue weighted by atomic mass is 32.2. The highest BCUT2D eigenvalue weighted by Gasteiger charge is 2.12. The minimum absolute atomic E-state index is 0.190. The van der Waals surface area contributed by atoms with Crippen LogP contribution in [0.2, 0.25) is 0 Å². The quantitative estimate of drug-likeness (QED) is 0.600. The van der Waals surface area contributed by atoms with E-state index in [1.54, 1.807) is 24.3 Å². The fourth-order valence-corrected chi connectivity index (χ4v) is 2.67. The molecular weight excluding hydrogens is 306 g/mol. The molecule has 0 aliphatic heterocycles. The van der Waals surface area contributed by atoms with E-state index in [1.165, 1.54) is 11.5 Å². The summed E-state index contributed by atoms with van der Waals surface area (Å²) in [5.74, 6) is -1.37. The van der Waals surface area contributed by atoms with Crippen LogP contribution < -0.4 is 10.9 Å². The normalized spacial score (nSPS) is 10.6. The molecule has 22 heavy (non-hydrogen) atoms. The smallest absolute Gasteiger partial charge is 0.313 e. The highest BCUT2D eigenvalue weighted by molar-refractivity contribution is 7.99. The molecule has 8 heteroatoms. The third-order valence-corrected chi connectivity index (χ3v) is 3.82. The van der Waals surface area contributed by atoms with Crippen LogP contribution in [-0.2, 0) is 16.1 Å². The van der Waals surface area contributed by atoms with Gasteiger partial charge in [-0.15, -0.1) is 0 Å². The lowest BCUT2D eigenvalue weighted by molar-refractivity contribution is -0.133. The molecule has 1 aromatic heterocycles. The Balaban J connectivity index is 2.41. The molecule has 0 radical (unpaired) electrons. The fourth-order valence-electron chi connectivity index (χ4n) is 1.93. The maximum Gasteiger partial charge on any atom is 0.313 e. The molecule has 0 spiro atoms. The maximum absolute atomic E-state index is 12.5. The molecule has 1 amide bonds. The van der Waals surface area contributed by atoms with Gasteiger partial charge in [0.25, 0.3) is 5.56 Å². The van der Waals surface area contributed by atoms with Gasteiger partial charge in [-0.25, -0.2) is 4.98 Å². The lowest BCUT2D eigenvalue weighted by atomic mass is 10.2. The molecule has 0 unspecified atom stereocenters. The second-order valence-electron chi connectivity index (χ2n) is 4.53. The van der Waals surface area contributed by atoms with Crippen LogP contribution in [0.15, 0.2) is 34.2 Å². The zero-order valence-corrected chi connectivity index (χ0v) is 12.7. The predicted molar refractivity (Wildman–Crippen MR) is 83.0 cm³/mol. The molecule has 116 valence electrons. The minimum atomic E-state index is -0.985. The first-order chi connectivity index (χ1) is 10.5. The standard InChI is InChI=1S/C14H15N3O4S/c1-9(18)15-6-7-17-13(21)10-4-2-3-5-11(10)16-14(17)22-8-12(19)20/h2-5H,6-8H2,1H3,(H,15,18)(H,19,20). The lowest BCUT2D eigenvalue weighted by Crippen LogP contribution is -2.31. The second kappa shape index (κ2) is 7.08. The van der Waals surface area contributed by atoms with Crippen LogP contribution >= 0.6 is 11.8 Å². The van der Waals surface area contributed by atoms with E-state index in [0.29, 0.717) is 16.1 Å². The molecule has 0 fully saturated rings. The van der Waals surface area contributed by atoms with E-state index in [1.807, 2.05) is 0 Å². The van der Waals surface area contributed by atoms with Crippen molar-refractivity contribution in [2.45, 2.75) is 18.6 Å². The van der Waals surface area contributed by atoms with E-state index in [0.717, 1.165) is 11.8 Å². The Morgan fingerprint density at radius 2 is 2.09 bits per heavy atom. The van der Waals surface area contributed by atoms with Crippen molar-refractivity contribution in [1.82, 2.24) is 14.9 Å². The zero-order chi connectivity index (χ0) is 16.1. The number of nitrogens with zero attached hydrogens (tertiary/aromatic N) is 2. The molecule has 0 atom stereocenters. The van der Waals surface area contributed by atoms with E-state index in [4.69, 9.17) is 5.11 Å². The average Bonchev–Trinajstić information content (AvgIpc) is 2.47. The highest BCUT2D eigenvalue weighted by Crippen LogP contribution is 2.17. The summed E-state index contributed by atoms with van der Waals surface area (Å²) in [5.41, 5.74) is 0.278. The number of rotatable bonds is 6. The van der Waals surface area contributed by atoms with Crippen LogP contribution in [0.1, 0.15) is 6.92 Å². The zero-order valence-electron chi connectivity index (χ0n) is 11.9. The summed E-state index contributed by atoms with van der Waals surface area (Å²) in [7, 11) is 0. The fraction of sp³-hybridized carbons (Fsp3) is 0.286. The van der Waals surface area contributed by atoms with E-state index in [-0.39, 0.29) is 30.3 Å². The summed E-state index contributed by atoms with van der Waals surface area (Å²) in [6.07, 6.45) is 0. The number of nitrogens with one attached hydrogen (secondary N) is 1. The van der Waals surface area contributed by atoms with Crippen molar-refractivity contribution in [2.75, 3.05) is 12.3 Å². The summed E-state index contributed by atoms with van der Waals surface area (Å²) in [6, 6.07) is 6.89. The Morgan fingerprint density at radius 3 is 2.77 bits per heavy atom. The summed E-state index contributed by atoms with van der Waals surface area (Å²) in [5, 5.41) is 12.2. The van der Waals surface area contributed by atoms with Gasteiger partial charge in [-0.2, -0.15) is 0 Å². The van der Waals surface area contributed by atoms with Crippen molar-refractivity contribution >= 4 is 34.5 Å². The van der Waals surface area contributed by atoms with Crippen LogP contribution in [0, 0.1) is 0 Å². The topological polar surface area (TPSA) is 101 Å². The second-order valence-corrected chi connectivity index (χ2v) is 5.48. The van der Waals surface area contributed by atoms with Crippen LogP contribution in [0.25, 0.3) is 10.9 Å². The third-order valence-electron chi connectivity index (χ3n) is 2.86. The van der Waals surface area contributed by atoms with Gasteiger partial charge in [0.1, 0.15) is 0 Å². The Labute approximate surface area is 130 Å². The number of carbonyl (C=O) groups excluding carboxylic acids is 1. The number of benzene rings is 1. The number of carboxylic acids is 1. The van der Waals surface area contributed by atoms with Crippen LogP contribution in [0.4, 0.5) is 0 Å². The predicted octanol–water partition coefficient (Wildman–Crippen LogP) is 0.709. The first-order valence-corrected chi connectivity index (χ1v) is 7.56. The molecule has 0 aliphatic rings. The van der Waals surface area contributed by atoms with Gasteiger partial charge in [-0.1, -0.05) is 23.9 Å². The Hall–Kier alpha value is -2.35. The molecule has 7 nitrogen and oxygen atoms in total. The van der Waals surface area contributed by atoms with Gasteiger partial charge in [0.05, 0.1) is 16.7 Å². The summed E-state index contributed by atoms with van der Waals surface area (Å²) in [4.78, 5) is 38.6. The number of thioether (sulfide) groups is 1. The molecule has 0 saturated heterocycles.